The van der Waals surface area contributed by atoms with Crippen LogP contribution in [0.2, 0.25) is 0 Å². The zero-order chi connectivity index (χ0) is 76.4. The molecular weight excluding hydrogens is 1420 g/mol. The van der Waals surface area contributed by atoms with Gasteiger partial charge in [0.15, 0.2) is 56.6 Å². The number of nitrogens with two attached hydrogens (primary N) is 8. The highest BCUT2D eigenvalue weighted by Gasteiger charge is 2.60. The molecule has 0 aromatic rings. The summed E-state index contributed by atoms with van der Waals surface area (Å²) in [5, 5.41) is 219. The normalized spacial score (nSPS) is 52.0. The quantitative estimate of drug-likeness (QED) is 0.0382. The number of rotatable bonds is 26. The van der Waals surface area contributed by atoms with Crippen molar-refractivity contribution in [2.45, 2.75) is 276 Å². The molecule has 0 aliphatic carbocycles. The van der Waals surface area contributed by atoms with E-state index in [0.29, 0.717) is 0 Å². The second-order valence-corrected chi connectivity index (χ2v) is 26.5. The smallest absolute Gasteiger partial charge is 0.407 e. The number of carbonyl (C=O) groups excluding carboxylic acids is 1. The van der Waals surface area contributed by atoms with Crippen LogP contribution in [0.25, 0.3) is 0 Å². The van der Waals surface area contributed by atoms with Crippen LogP contribution < -0.4 is 51.2 Å². The first-order chi connectivity index (χ1) is 49.4. The molecule has 48 nitrogen and oxygen atoms in total. The van der Waals surface area contributed by atoms with Gasteiger partial charge in [0.2, 0.25) is 0 Å². The van der Waals surface area contributed by atoms with Gasteiger partial charge in [-0.05, 0) is 0 Å². The van der Waals surface area contributed by atoms with Gasteiger partial charge < -0.3 is 239 Å². The van der Waals surface area contributed by atoms with Crippen LogP contribution in [-0.2, 0) is 85.3 Å². The molecule has 9 saturated heterocycles. The van der Waals surface area contributed by atoms with Crippen molar-refractivity contribution in [1.82, 2.24) is 5.32 Å². The minimum Gasteiger partial charge on any atom is -0.453 e. The van der Waals surface area contributed by atoms with Gasteiger partial charge in [-0.2, -0.15) is 0 Å². The Hall–Kier alpha value is -2.53. The van der Waals surface area contributed by atoms with E-state index in [1.807, 2.05) is 0 Å². The van der Waals surface area contributed by atoms with Crippen molar-refractivity contribution < 1.29 is 192 Å². The van der Waals surface area contributed by atoms with E-state index in [9.17, 15) is 107 Å². The third kappa shape index (κ3) is 17.7. The summed E-state index contributed by atoms with van der Waals surface area (Å²) in [6.07, 6.45) is -62.6. The molecule has 104 heavy (non-hydrogen) atoms. The van der Waals surface area contributed by atoms with E-state index in [1.54, 1.807) is 0 Å². The van der Waals surface area contributed by atoms with Crippen LogP contribution in [0, 0.1) is 0 Å². The minimum atomic E-state index is -2.04. The number of hydrogen-bond donors (Lipinski definition) is 29. The number of hydrogen-bond acceptors (Lipinski definition) is 47. The Morgan fingerprint density at radius 1 is 0.269 bits per heavy atom. The van der Waals surface area contributed by atoms with Crippen molar-refractivity contribution >= 4 is 6.09 Å². The number of aliphatic hydroxyl groups is 20. The maximum Gasteiger partial charge on any atom is 0.407 e. The Kier molecular flexibility index (Phi) is 30.6. The highest BCUT2D eigenvalue weighted by molar-refractivity contribution is 5.67. The van der Waals surface area contributed by atoms with Gasteiger partial charge in [0.1, 0.15) is 171 Å². The van der Waals surface area contributed by atoms with Crippen LogP contribution in [0.1, 0.15) is 0 Å². The van der Waals surface area contributed by atoms with Crippen LogP contribution in [0.4, 0.5) is 4.79 Å². The summed E-state index contributed by atoms with van der Waals surface area (Å²) in [7, 11) is 0.957. The summed E-state index contributed by atoms with van der Waals surface area (Å²) >= 11 is 0. The monoisotopic (exact) mass is 1530 g/mol. The Balaban J connectivity index is 0.794. The van der Waals surface area contributed by atoms with Gasteiger partial charge >= 0.3 is 6.09 Å². The van der Waals surface area contributed by atoms with Gasteiger partial charge in [-0.25, -0.2) is 4.79 Å². The van der Waals surface area contributed by atoms with Crippen LogP contribution >= 0.6 is 0 Å². The summed E-state index contributed by atoms with van der Waals surface area (Å²) in [5.41, 5.74) is 50.2. The maximum atomic E-state index is 12.8. The Morgan fingerprint density at radius 2 is 0.462 bits per heavy atom. The molecule has 0 aromatic heterocycles. The number of amides is 1. The molecule has 0 saturated carbocycles. The van der Waals surface area contributed by atoms with Crippen LogP contribution in [0.5, 0.6) is 0 Å². The second kappa shape index (κ2) is 37.2. The molecule has 45 atom stereocenters. The molecule has 0 aromatic carbocycles. The lowest BCUT2D eigenvalue weighted by Crippen LogP contribution is -2.71. The van der Waals surface area contributed by atoms with E-state index in [4.69, 9.17) is 131 Å². The first-order valence-electron chi connectivity index (χ1n) is 33.4. The van der Waals surface area contributed by atoms with E-state index in [2.05, 4.69) is 5.32 Å². The van der Waals surface area contributed by atoms with E-state index in [0.717, 1.165) is 7.11 Å². The van der Waals surface area contributed by atoms with E-state index >= 15 is 0 Å². The van der Waals surface area contributed by atoms with Gasteiger partial charge in [-0.15, -0.1) is 0 Å². The van der Waals surface area contributed by atoms with Crippen molar-refractivity contribution in [2.75, 3.05) is 66.6 Å². The number of carbonyl (C=O) groups is 1. The fourth-order valence-corrected chi connectivity index (χ4v) is 13.7. The Labute approximate surface area is 590 Å². The van der Waals surface area contributed by atoms with Gasteiger partial charge in [-0.1, -0.05) is 0 Å². The van der Waals surface area contributed by atoms with Crippen LogP contribution in [0.15, 0.2) is 0 Å². The van der Waals surface area contributed by atoms with Crippen molar-refractivity contribution in [1.29, 1.82) is 0 Å². The molecule has 37 N–H and O–H groups in total. The van der Waals surface area contributed by atoms with E-state index in [-0.39, 0.29) is 0 Å². The molecule has 9 fully saturated rings. The number of ether oxygens (including phenoxy) is 18. The SMILES string of the molecule is COC(=O)N[C@H]1[C@H](O[C@H]2[C@@H](O)[C@@H](N)[C@H](O[C@H]3[C@H](O)[C@@H](N)[C@H](O)O[C@@H]3CO)O[C@@H]2CO)O[C@H](CO)[C@@H](O[C@@H]2O[C@H](CO)[C@@H](O[C@@H]3O[C@H](CO)[C@@H](O[C@@H]4O[C@H](CO)[C@@H](O[C@@H]5O[C@H](CO)[C@@H](O[C@@H]6O[C@H](CO)[C@@H](O[C@@H]7O[C@H](CO)[C@@H](O)[C@H](O)[C@H]7N)[C@H](O)[C@H]6N)[C@H](O)[C@H]5N)[C@H](O)[C@H]4N)[C@H](O)[C@H]3N)[C@H](O)[C@H]2N)[C@@H]1O. The fraction of sp³-hybridized carbons (Fsp3) is 0.982. The summed E-state index contributed by atoms with van der Waals surface area (Å²) in [5.74, 6) is 0. The fourth-order valence-electron chi connectivity index (χ4n) is 13.7. The first-order valence-corrected chi connectivity index (χ1v) is 33.4. The molecule has 0 spiro atoms. The Bertz CT molecular complexity index is 2620. The maximum absolute atomic E-state index is 12.8. The molecule has 1 amide bonds. The topological polar surface area (TPSA) is 808 Å². The Morgan fingerprint density at radius 3 is 0.702 bits per heavy atom. The second-order valence-electron chi connectivity index (χ2n) is 26.5. The first kappa shape index (κ1) is 85.5. The van der Waals surface area contributed by atoms with Gasteiger partial charge in [-0.3, -0.25) is 0 Å². The molecule has 9 rings (SSSR count). The van der Waals surface area contributed by atoms with Crippen LogP contribution in [-0.4, -0.2) is 451 Å². The lowest BCUT2D eigenvalue weighted by molar-refractivity contribution is -0.372. The molecule has 9 aliphatic heterocycles. The molecule has 9 heterocycles. The molecule has 9 aliphatic rings. The van der Waals surface area contributed by atoms with E-state index < -0.39 is 341 Å². The molecule has 0 radical (unpaired) electrons. The molecule has 0 unspecified atom stereocenters. The minimum absolute atomic E-state index is 0.762. The lowest BCUT2D eigenvalue weighted by atomic mass is 9.93. The average molecular weight is 1530 g/mol. The lowest BCUT2D eigenvalue weighted by Gasteiger charge is -2.51. The summed E-state index contributed by atoms with van der Waals surface area (Å²) in [6, 6.07) is -14.6. The van der Waals surface area contributed by atoms with Gasteiger partial charge in [0, 0.05) is 0 Å². The molecule has 48 heteroatoms. The standard InChI is InChI=1S/C56H103N9O39/c1-87-56(86)65-28-38(84)46(19(10-74)96-55(28)104-45-18(9-73)95-49(27(64)37(45)83)97-39-12(3-67)88-47(85)20(57)31(39)77)103-54-26(63)36(82)44(17(8-72)94-54)102-53-25(62)35(81)43(16(7-71)93-53)101-52-24(61)34(80)42(15(6-70)92-52)100-51-23(60)33(79)41(14(5-69)91-51)99-50-22(59)32(78)40(13(4-68)90-50)98-48-21(58)30(76)29(75)11(2-66)89-48/h11-55,66-85H,2-10,57-64H2,1H3,(H,65,86)/t11-,12-,13-,14-,15-,16-,17-,18-,19-,20-,21-,22-,23-,24-,25-,26-,27-,28-,29-,30-,31-,32-,33-,34-,35-,36-,37+,38-,39-,40-,41-,42-,43-,44-,45-,46-,47-,48+,49+,50+,51+,52+,53+,54+,55+/m1/s1. The van der Waals surface area contributed by atoms with Gasteiger partial charge in [0.25, 0.3) is 0 Å². The molecule has 0 bridgehead atoms. The predicted octanol–water partition coefficient (Wildman–Crippen LogP) is -20.5. The molecular formula is C56H103N9O39. The predicted molar refractivity (Wildman–Crippen MR) is 326 cm³/mol. The van der Waals surface area contributed by atoms with Crippen molar-refractivity contribution in [3.8, 4) is 0 Å². The highest BCUT2D eigenvalue weighted by Crippen LogP contribution is 2.39. The summed E-state index contributed by atoms with van der Waals surface area (Å²) < 4.78 is 104. The van der Waals surface area contributed by atoms with Crippen molar-refractivity contribution in [3.63, 3.8) is 0 Å². The van der Waals surface area contributed by atoms with Crippen molar-refractivity contribution in [3.05, 3.63) is 0 Å². The van der Waals surface area contributed by atoms with E-state index in [1.165, 1.54) is 0 Å². The van der Waals surface area contributed by atoms with Gasteiger partial charge in [0.05, 0.1) is 115 Å². The number of aliphatic hydroxyl groups excluding tert-OH is 20. The average Bonchev–Trinajstić information content (AvgIpc) is 0.781. The zero-order valence-corrected chi connectivity index (χ0v) is 55.7. The third-order valence-corrected chi connectivity index (χ3v) is 19.9. The third-order valence-electron chi connectivity index (χ3n) is 19.9. The van der Waals surface area contributed by atoms with Crippen LogP contribution in [0.3, 0.4) is 0 Å². The summed E-state index contributed by atoms with van der Waals surface area (Å²) in [6.45, 7) is -8.24. The number of alkyl carbamates (subject to hydrolysis) is 1. The largest absolute Gasteiger partial charge is 0.453 e. The zero-order valence-electron chi connectivity index (χ0n) is 55.7. The van der Waals surface area contributed by atoms with Crippen molar-refractivity contribution in [2.24, 2.45) is 45.9 Å². The summed E-state index contributed by atoms with van der Waals surface area (Å²) in [4.78, 5) is 12.8. The molecule has 606 valence electrons. The number of nitrogens with one attached hydrogen (secondary N) is 1. The number of methoxy groups -OCH3 is 1. The highest BCUT2D eigenvalue weighted by atomic mass is 16.8.